The summed E-state index contributed by atoms with van der Waals surface area (Å²) in [5.41, 5.74) is -0.646. The first kappa shape index (κ1) is 19.6. The molecule has 142 valence electrons. The van der Waals surface area contributed by atoms with E-state index in [9.17, 15) is 25.0 Å². The van der Waals surface area contributed by atoms with Crippen molar-refractivity contribution in [2.75, 3.05) is 13.7 Å². The minimum Gasteiger partial charge on any atom is -0.487 e. The van der Waals surface area contributed by atoms with Gasteiger partial charge in [-0.1, -0.05) is 12.1 Å². The van der Waals surface area contributed by atoms with Crippen molar-refractivity contribution in [1.29, 1.82) is 0 Å². The Kier molecular flexibility index (Phi) is 6.26. The molecule has 0 heterocycles. The van der Waals surface area contributed by atoms with Gasteiger partial charge in [-0.3, -0.25) is 25.0 Å². The molecule has 2 aromatic rings. The van der Waals surface area contributed by atoms with Crippen LogP contribution in [0.4, 0.5) is 11.4 Å². The summed E-state index contributed by atoms with van der Waals surface area (Å²) in [6.45, 7) is 1.92. The molecule has 0 radical (unpaired) electrons. The van der Waals surface area contributed by atoms with E-state index in [-0.39, 0.29) is 41.5 Å². The summed E-state index contributed by atoms with van der Waals surface area (Å²) >= 11 is 0. The molecule has 10 heteroatoms. The second-order valence-corrected chi connectivity index (χ2v) is 5.20. The molecular formula is C17H16N2O8. The van der Waals surface area contributed by atoms with Crippen LogP contribution in [0.25, 0.3) is 0 Å². The highest BCUT2D eigenvalue weighted by Crippen LogP contribution is 2.38. The fourth-order valence-corrected chi connectivity index (χ4v) is 2.34. The number of nitro groups is 2. The molecule has 0 fully saturated rings. The molecule has 0 atom stereocenters. The van der Waals surface area contributed by atoms with Crippen molar-refractivity contribution >= 4 is 17.3 Å². The van der Waals surface area contributed by atoms with E-state index in [1.165, 1.54) is 37.4 Å². The third kappa shape index (κ3) is 4.69. The molecule has 0 aliphatic rings. The molecule has 0 unspecified atom stereocenters. The Hall–Kier alpha value is -3.69. The Morgan fingerprint density at radius 1 is 1.07 bits per heavy atom. The third-order valence-corrected chi connectivity index (χ3v) is 3.48. The van der Waals surface area contributed by atoms with Crippen LogP contribution in [0.3, 0.4) is 0 Å². The summed E-state index contributed by atoms with van der Waals surface area (Å²) in [4.78, 5) is 32.8. The van der Waals surface area contributed by atoms with E-state index in [1.807, 2.05) is 0 Å². The highest BCUT2D eigenvalue weighted by molar-refractivity contribution is 5.75. The van der Waals surface area contributed by atoms with Crippen LogP contribution >= 0.6 is 0 Å². The number of rotatable bonds is 8. The minimum absolute atomic E-state index is 0.0171. The number of carbonyl (C=O) groups is 1. The monoisotopic (exact) mass is 376 g/mol. The summed E-state index contributed by atoms with van der Waals surface area (Å²) in [6, 6.07) is 8.07. The predicted molar refractivity (Wildman–Crippen MR) is 93.2 cm³/mol. The third-order valence-electron chi connectivity index (χ3n) is 3.48. The van der Waals surface area contributed by atoms with Crippen molar-refractivity contribution < 1.29 is 28.9 Å². The van der Waals surface area contributed by atoms with E-state index in [1.54, 1.807) is 6.92 Å². The number of hydrogen-bond acceptors (Lipinski definition) is 8. The molecule has 0 amide bonds. The van der Waals surface area contributed by atoms with Gasteiger partial charge >= 0.3 is 17.3 Å². The van der Waals surface area contributed by atoms with E-state index in [4.69, 9.17) is 9.47 Å². The molecule has 0 aliphatic carbocycles. The lowest BCUT2D eigenvalue weighted by Gasteiger charge is -2.10. The van der Waals surface area contributed by atoms with Gasteiger partial charge in [-0.2, -0.15) is 0 Å². The van der Waals surface area contributed by atoms with E-state index >= 15 is 0 Å². The second kappa shape index (κ2) is 8.61. The lowest BCUT2D eigenvalue weighted by Crippen LogP contribution is -2.07. The number of methoxy groups -OCH3 is 1. The smallest absolute Gasteiger partial charge is 0.315 e. The summed E-state index contributed by atoms with van der Waals surface area (Å²) in [6.07, 6.45) is -0.312. The molecule has 0 saturated carbocycles. The number of carbonyl (C=O) groups excluding carboxylic acids is 1. The van der Waals surface area contributed by atoms with Gasteiger partial charge in [0.1, 0.15) is 5.75 Å². The number of esters is 1. The van der Waals surface area contributed by atoms with Gasteiger partial charge in [0.2, 0.25) is 5.75 Å². The molecule has 27 heavy (non-hydrogen) atoms. The van der Waals surface area contributed by atoms with Crippen LogP contribution in [0.2, 0.25) is 0 Å². The van der Waals surface area contributed by atoms with Gasteiger partial charge in [-0.05, 0) is 25.1 Å². The zero-order valence-corrected chi connectivity index (χ0v) is 14.5. The lowest BCUT2D eigenvalue weighted by atomic mass is 10.1. The van der Waals surface area contributed by atoms with E-state index < -0.39 is 21.5 Å². The number of nitrogens with zero attached hydrogens (tertiary/aromatic N) is 2. The van der Waals surface area contributed by atoms with Crippen LogP contribution < -0.4 is 9.47 Å². The summed E-state index contributed by atoms with van der Waals surface area (Å²) in [5.74, 6) is -0.723. The number of hydrogen-bond donors (Lipinski definition) is 0. The van der Waals surface area contributed by atoms with Crippen molar-refractivity contribution in [2.24, 2.45) is 0 Å². The summed E-state index contributed by atoms with van der Waals surface area (Å²) in [5, 5.41) is 22.7. The standard InChI is InChI=1S/C17H16N2O8/c1-3-26-14-8-7-12(10-13(14)18(21)22)27-15-6-4-5-11(9-16(20)25-2)17(15)19(23)24/h4-8,10H,3,9H2,1-2H3. The second-order valence-electron chi connectivity index (χ2n) is 5.20. The summed E-state index contributed by atoms with van der Waals surface area (Å²) < 4.78 is 15.2. The van der Waals surface area contributed by atoms with E-state index in [0.29, 0.717) is 0 Å². The van der Waals surface area contributed by atoms with Crippen molar-refractivity contribution in [2.45, 2.75) is 13.3 Å². The maximum atomic E-state index is 11.5. The van der Waals surface area contributed by atoms with Gasteiger partial charge in [-0.25, -0.2) is 0 Å². The van der Waals surface area contributed by atoms with Crippen LogP contribution in [0.1, 0.15) is 12.5 Å². The number of para-hydroxylation sites is 1. The molecule has 0 aromatic heterocycles. The Morgan fingerprint density at radius 3 is 2.41 bits per heavy atom. The van der Waals surface area contributed by atoms with Crippen molar-refractivity contribution in [1.82, 2.24) is 0 Å². The van der Waals surface area contributed by atoms with Crippen LogP contribution in [0, 0.1) is 20.2 Å². The minimum atomic E-state index is -0.684. The largest absolute Gasteiger partial charge is 0.487 e. The average Bonchev–Trinajstić information content (AvgIpc) is 2.62. The van der Waals surface area contributed by atoms with Crippen molar-refractivity contribution in [3.05, 3.63) is 62.2 Å². The summed E-state index contributed by atoms with van der Waals surface area (Å²) in [7, 11) is 1.17. The molecule has 2 rings (SSSR count). The van der Waals surface area contributed by atoms with Crippen LogP contribution in [-0.2, 0) is 16.0 Å². The Morgan fingerprint density at radius 2 is 1.81 bits per heavy atom. The van der Waals surface area contributed by atoms with E-state index in [0.717, 1.165) is 6.07 Å². The lowest BCUT2D eigenvalue weighted by molar-refractivity contribution is -0.386. The molecule has 0 bridgehead atoms. The van der Waals surface area contributed by atoms with Gasteiger partial charge in [0.25, 0.3) is 0 Å². The fourth-order valence-electron chi connectivity index (χ4n) is 2.34. The first-order valence-electron chi connectivity index (χ1n) is 7.79. The van der Waals surface area contributed by atoms with Crippen molar-refractivity contribution in [3.63, 3.8) is 0 Å². The molecule has 2 aromatic carbocycles. The fraction of sp³-hybridized carbons (Fsp3) is 0.235. The van der Waals surface area contributed by atoms with Crippen LogP contribution in [-0.4, -0.2) is 29.5 Å². The molecular weight excluding hydrogens is 360 g/mol. The molecule has 0 saturated heterocycles. The zero-order valence-electron chi connectivity index (χ0n) is 14.5. The van der Waals surface area contributed by atoms with Gasteiger partial charge < -0.3 is 14.2 Å². The van der Waals surface area contributed by atoms with Gasteiger partial charge in [-0.15, -0.1) is 0 Å². The maximum Gasteiger partial charge on any atom is 0.315 e. The molecule has 0 N–H and O–H groups in total. The normalized spacial score (nSPS) is 10.1. The zero-order chi connectivity index (χ0) is 20.0. The molecule has 0 spiro atoms. The van der Waals surface area contributed by atoms with Gasteiger partial charge in [0, 0.05) is 5.56 Å². The van der Waals surface area contributed by atoms with Crippen LogP contribution in [0.15, 0.2) is 36.4 Å². The Labute approximate surface area is 153 Å². The van der Waals surface area contributed by atoms with Gasteiger partial charge in [0.15, 0.2) is 5.75 Å². The van der Waals surface area contributed by atoms with Crippen LogP contribution in [0.5, 0.6) is 17.2 Å². The van der Waals surface area contributed by atoms with Gasteiger partial charge in [0.05, 0.1) is 36.1 Å². The first-order valence-corrected chi connectivity index (χ1v) is 7.79. The number of nitro benzene ring substituents is 2. The highest BCUT2D eigenvalue weighted by Gasteiger charge is 2.24. The van der Waals surface area contributed by atoms with E-state index in [2.05, 4.69) is 4.74 Å². The Bertz CT molecular complexity index is 881. The maximum absolute atomic E-state index is 11.5. The average molecular weight is 376 g/mol. The topological polar surface area (TPSA) is 131 Å². The molecule has 0 aliphatic heterocycles. The predicted octanol–water partition coefficient (Wildman–Crippen LogP) is 3.41. The highest BCUT2D eigenvalue weighted by atomic mass is 16.6. The number of benzene rings is 2. The van der Waals surface area contributed by atoms with Crippen molar-refractivity contribution in [3.8, 4) is 17.2 Å². The SMILES string of the molecule is CCOc1ccc(Oc2cccc(CC(=O)OC)c2[N+](=O)[O-])cc1[N+](=O)[O-]. The quantitative estimate of drug-likeness (QED) is 0.389. The number of ether oxygens (including phenoxy) is 3. The molecule has 10 nitrogen and oxygen atoms in total. The Balaban J connectivity index is 2.43. The first-order chi connectivity index (χ1) is 12.9.